The van der Waals surface area contributed by atoms with Crippen LogP contribution in [0.15, 0.2) is 47.4 Å². The van der Waals surface area contributed by atoms with Gasteiger partial charge in [0.15, 0.2) is 0 Å². The van der Waals surface area contributed by atoms with Crippen molar-refractivity contribution >= 4 is 39.1 Å². The predicted molar refractivity (Wildman–Crippen MR) is 99.6 cm³/mol. The summed E-state index contributed by atoms with van der Waals surface area (Å²) in [5.74, 6) is -1.01. The van der Waals surface area contributed by atoms with Crippen LogP contribution >= 0.6 is 11.6 Å². The fourth-order valence-electron chi connectivity index (χ4n) is 2.22. The maximum Gasteiger partial charge on any atom is 0.253 e. The molecule has 26 heavy (non-hydrogen) atoms. The molecule has 0 saturated carbocycles. The number of aryl methyl sites for hydroxylation is 1. The van der Waals surface area contributed by atoms with Crippen LogP contribution in [0.2, 0.25) is 5.02 Å². The molecule has 138 valence electrons. The molecule has 2 amide bonds. The molecule has 0 radical (unpaired) electrons. The number of hydrogen-bond acceptors (Lipinski definition) is 4. The molecule has 0 saturated heterocycles. The highest BCUT2D eigenvalue weighted by Crippen LogP contribution is 2.19. The lowest BCUT2D eigenvalue weighted by molar-refractivity contribution is -0.117. The van der Waals surface area contributed by atoms with Crippen LogP contribution in [-0.2, 0) is 14.8 Å². The zero-order valence-electron chi connectivity index (χ0n) is 14.1. The second-order valence-electron chi connectivity index (χ2n) is 5.69. The molecule has 2 rings (SSSR count). The Morgan fingerprint density at radius 1 is 1.15 bits per heavy atom. The first-order chi connectivity index (χ1) is 12.1. The Hall–Kier alpha value is -2.42. The number of carbonyl (C=O) groups is 2. The van der Waals surface area contributed by atoms with Gasteiger partial charge in [-0.15, -0.1) is 0 Å². The molecule has 0 aliphatic rings. The summed E-state index contributed by atoms with van der Waals surface area (Å²) in [4.78, 5) is 24.4. The second-order valence-corrected chi connectivity index (χ2v) is 7.63. The highest BCUT2D eigenvalue weighted by Gasteiger charge is 2.19. The first-order valence-corrected chi connectivity index (χ1v) is 9.51. The maximum absolute atomic E-state index is 12.3. The van der Waals surface area contributed by atoms with Crippen molar-refractivity contribution < 1.29 is 18.0 Å². The number of anilines is 1. The molecular formula is C17H18ClN3O4S. The third-order valence-electron chi connectivity index (χ3n) is 3.62. The number of carbonyl (C=O) groups excluding carboxylic acids is 2. The highest BCUT2D eigenvalue weighted by molar-refractivity contribution is 7.89. The molecule has 0 spiro atoms. The van der Waals surface area contributed by atoms with Gasteiger partial charge in [-0.3, -0.25) is 9.59 Å². The van der Waals surface area contributed by atoms with Crippen LogP contribution in [0.25, 0.3) is 0 Å². The molecule has 0 aliphatic heterocycles. The Morgan fingerprint density at radius 2 is 1.81 bits per heavy atom. The Kier molecular flexibility index (Phi) is 6.01. The van der Waals surface area contributed by atoms with Crippen LogP contribution in [0.3, 0.4) is 0 Å². The molecule has 2 aromatic rings. The van der Waals surface area contributed by atoms with E-state index in [4.69, 9.17) is 16.7 Å². The van der Waals surface area contributed by atoms with Gasteiger partial charge in [-0.1, -0.05) is 29.8 Å². The first-order valence-electron chi connectivity index (χ1n) is 7.59. The summed E-state index contributed by atoms with van der Waals surface area (Å²) in [6.07, 6.45) is 0. The average molecular weight is 396 g/mol. The molecule has 0 bridgehead atoms. The van der Waals surface area contributed by atoms with Gasteiger partial charge in [0.25, 0.3) is 5.91 Å². The van der Waals surface area contributed by atoms with Gasteiger partial charge in [0.05, 0.1) is 15.5 Å². The summed E-state index contributed by atoms with van der Waals surface area (Å²) < 4.78 is 23.1. The summed E-state index contributed by atoms with van der Waals surface area (Å²) >= 11 is 5.96. The minimum atomic E-state index is -3.91. The van der Waals surface area contributed by atoms with Gasteiger partial charge in [0, 0.05) is 5.69 Å². The van der Waals surface area contributed by atoms with Crippen LogP contribution in [0.1, 0.15) is 22.8 Å². The average Bonchev–Trinajstić information content (AvgIpc) is 2.55. The molecule has 0 aliphatic carbocycles. The van der Waals surface area contributed by atoms with Crippen LogP contribution in [0.4, 0.5) is 5.69 Å². The molecule has 0 fully saturated rings. The third kappa shape index (κ3) is 4.81. The molecule has 2 aromatic carbocycles. The molecular weight excluding hydrogens is 378 g/mol. The number of halogens is 1. The van der Waals surface area contributed by atoms with Crippen LogP contribution < -0.4 is 15.8 Å². The van der Waals surface area contributed by atoms with Crippen molar-refractivity contribution in [1.82, 2.24) is 5.32 Å². The summed E-state index contributed by atoms with van der Waals surface area (Å²) in [6, 6.07) is 9.93. The predicted octanol–water partition coefficient (Wildman–Crippen LogP) is 2.05. The van der Waals surface area contributed by atoms with Crippen molar-refractivity contribution in [2.24, 2.45) is 5.14 Å². The number of primary sulfonamides is 1. The summed E-state index contributed by atoms with van der Waals surface area (Å²) in [5, 5.41) is 10.5. The second kappa shape index (κ2) is 7.86. The van der Waals surface area contributed by atoms with Crippen molar-refractivity contribution in [3.05, 3.63) is 58.6 Å². The van der Waals surface area contributed by atoms with E-state index in [2.05, 4.69) is 10.6 Å². The molecule has 1 atom stereocenters. The van der Waals surface area contributed by atoms with Gasteiger partial charge < -0.3 is 10.6 Å². The first kappa shape index (κ1) is 19.9. The zero-order chi connectivity index (χ0) is 19.5. The Balaban J connectivity index is 2.10. The molecule has 0 aromatic heterocycles. The minimum Gasteiger partial charge on any atom is -0.340 e. The molecule has 0 unspecified atom stereocenters. The lowest BCUT2D eigenvalue weighted by Crippen LogP contribution is -2.41. The van der Waals surface area contributed by atoms with Crippen molar-refractivity contribution in [2.75, 3.05) is 5.32 Å². The quantitative estimate of drug-likeness (QED) is 0.717. The van der Waals surface area contributed by atoms with E-state index in [0.717, 1.165) is 0 Å². The fourth-order valence-corrected chi connectivity index (χ4v) is 3.25. The van der Waals surface area contributed by atoms with E-state index in [1.807, 2.05) is 0 Å². The van der Waals surface area contributed by atoms with Crippen molar-refractivity contribution in [1.29, 1.82) is 0 Å². The Labute approximate surface area is 156 Å². The van der Waals surface area contributed by atoms with Crippen molar-refractivity contribution in [3.63, 3.8) is 0 Å². The number of nitrogens with two attached hydrogens (primary N) is 1. The van der Waals surface area contributed by atoms with Crippen LogP contribution in [0.5, 0.6) is 0 Å². The number of amides is 2. The van der Waals surface area contributed by atoms with E-state index >= 15 is 0 Å². The van der Waals surface area contributed by atoms with Gasteiger partial charge in [-0.25, -0.2) is 13.6 Å². The van der Waals surface area contributed by atoms with Crippen molar-refractivity contribution in [2.45, 2.75) is 24.8 Å². The SMILES string of the molecule is Cc1ccc(NC(=O)[C@H](C)NC(=O)c2ccccc2Cl)cc1S(N)(=O)=O. The number of nitrogens with one attached hydrogen (secondary N) is 2. The maximum atomic E-state index is 12.3. The fraction of sp³-hybridized carbons (Fsp3) is 0.176. The number of rotatable bonds is 5. The number of hydrogen-bond donors (Lipinski definition) is 3. The minimum absolute atomic E-state index is 0.0805. The van der Waals surface area contributed by atoms with Gasteiger partial charge in [0.1, 0.15) is 6.04 Å². The van der Waals surface area contributed by atoms with Gasteiger partial charge in [0.2, 0.25) is 15.9 Å². The largest absolute Gasteiger partial charge is 0.340 e. The van der Waals surface area contributed by atoms with E-state index in [9.17, 15) is 18.0 Å². The summed E-state index contributed by atoms with van der Waals surface area (Å²) in [6.45, 7) is 3.09. The van der Waals surface area contributed by atoms with Gasteiger partial charge in [-0.2, -0.15) is 0 Å². The van der Waals surface area contributed by atoms with Gasteiger partial charge >= 0.3 is 0 Å². The summed E-state index contributed by atoms with van der Waals surface area (Å²) in [7, 11) is -3.91. The topological polar surface area (TPSA) is 118 Å². The van der Waals surface area contributed by atoms with E-state index < -0.39 is 27.9 Å². The van der Waals surface area contributed by atoms with Crippen LogP contribution in [-0.4, -0.2) is 26.3 Å². The lowest BCUT2D eigenvalue weighted by Gasteiger charge is -2.15. The van der Waals surface area contributed by atoms with Gasteiger partial charge in [-0.05, 0) is 43.7 Å². The smallest absolute Gasteiger partial charge is 0.253 e. The number of sulfonamides is 1. The van der Waals surface area contributed by atoms with E-state index in [1.165, 1.54) is 19.1 Å². The third-order valence-corrected chi connectivity index (χ3v) is 5.00. The monoisotopic (exact) mass is 395 g/mol. The molecule has 9 heteroatoms. The van der Waals surface area contributed by atoms with E-state index in [1.54, 1.807) is 37.3 Å². The summed E-state index contributed by atoms with van der Waals surface area (Å²) in [5.41, 5.74) is 0.967. The van der Waals surface area contributed by atoms with Crippen LogP contribution in [0, 0.1) is 6.92 Å². The Bertz CT molecular complexity index is 960. The standard InChI is InChI=1S/C17H18ClN3O4S/c1-10-7-8-12(9-15(10)26(19,24)25)21-16(22)11(2)20-17(23)13-5-3-4-6-14(13)18/h3-9,11H,1-2H3,(H,20,23)(H,21,22)(H2,19,24,25)/t11-/m0/s1. The Morgan fingerprint density at radius 3 is 2.42 bits per heavy atom. The number of benzene rings is 2. The zero-order valence-corrected chi connectivity index (χ0v) is 15.7. The van der Waals surface area contributed by atoms with E-state index in [-0.39, 0.29) is 21.2 Å². The van der Waals surface area contributed by atoms with Crippen molar-refractivity contribution in [3.8, 4) is 0 Å². The highest BCUT2D eigenvalue weighted by atomic mass is 35.5. The van der Waals surface area contributed by atoms with E-state index in [0.29, 0.717) is 5.56 Å². The molecule has 0 heterocycles. The molecule has 4 N–H and O–H groups in total. The lowest BCUT2D eigenvalue weighted by atomic mass is 10.2. The molecule has 7 nitrogen and oxygen atoms in total. The normalized spacial score (nSPS) is 12.3.